The zero-order valence-electron chi connectivity index (χ0n) is 35.2. The zero-order chi connectivity index (χ0) is 43.8. The SMILES string of the molecule is [C-]#[N+]c1ccc(OC2C(C)(C)C(N3Cc4cc(C#CC5CCN(C6CCN(c7cc8c(cc7F)C(=O)N(C7CCC(=O)NC7=O)C8=O)CC6)CC5)ccc4C3=O)C2(C)C)cc1Cl. The summed E-state index contributed by atoms with van der Waals surface area (Å²) in [6.07, 6.45) is 3.39. The number of nitrogens with one attached hydrogen (secondary N) is 1. The fourth-order valence-electron chi connectivity index (χ4n) is 11.4. The van der Waals surface area contributed by atoms with Gasteiger partial charge in [0.1, 0.15) is 23.7 Å². The number of anilines is 1. The van der Waals surface area contributed by atoms with Crippen molar-refractivity contribution in [3.05, 3.63) is 98.6 Å². The molecule has 0 aromatic heterocycles. The number of nitrogens with zero attached hydrogens (tertiary/aromatic N) is 5. The molecule has 62 heavy (non-hydrogen) atoms. The van der Waals surface area contributed by atoms with E-state index in [-0.39, 0.29) is 64.5 Å². The molecule has 14 heteroatoms. The number of halogens is 2. The lowest BCUT2D eigenvalue weighted by atomic mass is 9.49. The molecular weight excluding hydrogens is 811 g/mol. The number of imide groups is 2. The van der Waals surface area contributed by atoms with Crippen molar-refractivity contribution in [2.24, 2.45) is 16.7 Å². The quantitative estimate of drug-likeness (QED) is 0.160. The van der Waals surface area contributed by atoms with Crippen LogP contribution in [0.4, 0.5) is 15.8 Å². The monoisotopic (exact) mass is 858 g/mol. The molecule has 320 valence electrons. The van der Waals surface area contributed by atoms with Crippen LogP contribution in [0.25, 0.3) is 4.85 Å². The Morgan fingerprint density at radius 3 is 2.19 bits per heavy atom. The molecule has 0 bridgehead atoms. The molecule has 3 aromatic carbocycles. The minimum absolute atomic E-state index is 0.0154. The molecule has 4 fully saturated rings. The maximum absolute atomic E-state index is 15.5. The fourth-order valence-corrected chi connectivity index (χ4v) is 11.6. The summed E-state index contributed by atoms with van der Waals surface area (Å²) in [6.45, 7) is 19.4. The number of carbonyl (C=O) groups is 5. The van der Waals surface area contributed by atoms with Crippen molar-refractivity contribution < 1.29 is 33.1 Å². The number of hydrogen-bond acceptors (Lipinski definition) is 8. The van der Waals surface area contributed by atoms with Crippen molar-refractivity contribution in [3.8, 4) is 17.6 Å². The van der Waals surface area contributed by atoms with E-state index >= 15 is 4.39 Å². The van der Waals surface area contributed by atoms with Crippen LogP contribution in [0.2, 0.25) is 5.02 Å². The van der Waals surface area contributed by atoms with Gasteiger partial charge in [0.15, 0.2) is 0 Å². The Hall–Kier alpha value is -5.76. The summed E-state index contributed by atoms with van der Waals surface area (Å²) in [5, 5.41) is 2.54. The first-order chi connectivity index (χ1) is 29.6. The van der Waals surface area contributed by atoms with Gasteiger partial charge < -0.3 is 19.4 Å². The van der Waals surface area contributed by atoms with Crippen molar-refractivity contribution in [2.45, 2.75) is 97.0 Å². The molecule has 1 aliphatic carbocycles. The van der Waals surface area contributed by atoms with Crippen molar-refractivity contribution >= 4 is 52.5 Å². The maximum Gasteiger partial charge on any atom is 0.262 e. The Morgan fingerprint density at radius 2 is 1.53 bits per heavy atom. The van der Waals surface area contributed by atoms with Gasteiger partial charge in [-0.2, -0.15) is 0 Å². The molecule has 9 rings (SSSR count). The van der Waals surface area contributed by atoms with Gasteiger partial charge >= 0.3 is 0 Å². The van der Waals surface area contributed by atoms with Crippen LogP contribution in [0.15, 0.2) is 48.5 Å². The van der Waals surface area contributed by atoms with Crippen LogP contribution >= 0.6 is 11.6 Å². The van der Waals surface area contributed by atoms with E-state index in [4.69, 9.17) is 22.9 Å². The average Bonchev–Trinajstić information content (AvgIpc) is 3.68. The van der Waals surface area contributed by atoms with E-state index in [0.717, 1.165) is 60.9 Å². The summed E-state index contributed by atoms with van der Waals surface area (Å²) < 4.78 is 22.0. The Kier molecular flexibility index (Phi) is 10.4. The van der Waals surface area contributed by atoms with Crippen molar-refractivity contribution in [3.63, 3.8) is 0 Å². The number of amides is 5. The van der Waals surface area contributed by atoms with E-state index in [2.05, 4.69) is 60.7 Å². The highest BCUT2D eigenvalue weighted by molar-refractivity contribution is 6.33. The number of rotatable bonds is 6. The van der Waals surface area contributed by atoms with Crippen LogP contribution in [-0.2, 0) is 16.1 Å². The summed E-state index contributed by atoms with van der Waals surface area (Å²) >= 11 is 6.30. The van der Waals surface area contributed by atoms with E-state index in [1.807, 2.05) is 21.9 Å². The number of hydrogen-bond donors (Lipinski definition) is 1. The summed E-state index contributed by atoms with van der Waals surface area (Å²) in [6, 6.07) is 12.8. The average molecular weight is 859 g/mol. The van der Waals surface area contributed by atoms with Gasteiger partial charge in [0.25, 0.3) is 17.7 Å². The highest BCUT2D eigenvalue weighted by Gasteiger charge is 2.67. The fraction of sp³-hybridized carbons (Fsp3) is 0.458. The molecular formula is C48H48ClFN6O6. The van der Waals surface area contributed by atoms with Crippen molar-refractivity contribution in [1.82, 2.24) is 20.0 Å². The van der Waals surface area contributed by atoms with Gasteiger partial charge in [-0.15, -0.1) is 0 Å². The van der Waals surface area contributed by atoms with Crippen LogP contribution in [0.5, 0.6) is 5.75 Å². The summed E-state index contributed by atoms with van der Waals surface area (Å²) in [5.41, 5.74) is 2.56. The second-order valence-electron chi connectivity index (χ2n) is 18.7. The topological polar surface area (TPSA) is 124 Å². The largest absolute Gasteiger partial charge is 0.489 e. The van der Waals surface area contributed by atoms with Crippen molar-refractivity contribution in [1.29, 1.82) is 0 Å². The smallest absolute Gasteiger partial charge is 0.262 e. The summed E-state index contributed by atoms with van der Waals surface area (Å²) in [4.78, 5) is 75.2. The van der Waals surface area contributed by atoms with Crippen LogP contribution in [0.1, 0.15) is 108 Å². The van der Waals surface area contributed by atoms with Crippen LogP contribution < -0.4 is 15.0 Å². The summed E-state index contributed by atoms with van der Waals surface area (Å²) in [7, 11) is 0. The Morgan fingerprint density at radius 1 is 0.839 bits per heavy atom. The lowest BCUT2D eigenvalue weighted by molar-refractivity contribution is -0.199. The van der Waals surface area contributed by atoms with Gasteiger partial charge in [0, 0.05) is 66.0 Å². The maximum atomic E-state index is 15.5. The van der Waals surface area contributed by atoms with Crippen LogP contribution in [0, 0.1) is 41.0 Å². The molecule has 0 radical (unpaired) electrons. The molecule has 5 aliphatic heterocycles. The molecule has 12 nitrogen and oxygen atoms in total. The Bertz CT molecular complexity index is 2530. The van der Waals surface area contributed by atoms with Gasteiger partial charge in [-0.25, -0.2) is 9.24 Å². The van der Waals surface area contributed by atoms with Crippen molar-refractivity contribution in [2.75, 3.05) is 31.1 Å². The van der Waals surface area contributed by atoms with Gasteiger partial charge in [0.2, 0.25) is 17.5 Å². The molecule has 1 unspecified atom stereocenters. The third-order valence-electron chi connectivity index (χ3n) is 14.1. The number of fused-ring (bicyclic) bond motifs is 2. The number of benzene rings is 3. The molecule has 1 saturated carbocycles. The lowest BCUT2D eigenvalue weighted by Gasteiger charge is -2.65. The number of carbonyl (C=O) groups excluding carboxylic acids is 5. The number of piperidine rings is 3. The lowest BCUT2D eigenvalue weighted by Crippen LogP contribution is -2.74. The first kappa shape index (κ1) is 41.6. The first-order valence-electron chi connectivity index (χ1n) is 21.4. The normalized spacial score (nSPS) is 24.8. The van der Waals surface area contributed by atoms with E-state index in [9.17, 15) is 24.0 Å². The minimum Gasteiger partial charge on any atom is -0.489 e. The Labute approximate surface area is 365 Å². The van der Waals surface area contributed by atoms with Crippen LogP contribution in [-0.4, -0.2) is 94.6 Å². The van der Waals surface area contributed by atoms with E-state index < -0.39 is 35.5 Å². The molecule has 5 amide bonds. The van der Waals surface area contributed by atoms with E-state index in [1.54, 1.807) is 18.2 Å². The van der Waals surface area contributed by atoms with E-state index in [0.29, 0.717) is 47.7 Å². The predicted molar refractivity (Wildman–Crippen MR) is 229 cm³/mol. The standard InChI is InChI=1S/C48H48ClFN6O6/c1-47(2)45(48(3,4)46(47)62-31-9-11-37(51-5)35(49)23-31)55-26-29-22-28(8-10-32(29)42(55)59)7-6-27-14-18-53(19-15-27)30-16-20-54(21-17-30)39-25-34-33(24-36(39)50)43(60)56(44(34)61)38-12-13-40(57)52-41(38)58/h8-11,22-25,27,30,38,45-46H,12-21,26H2,1-4H3,(H,52,57,58). The van der Waals surface area contributed by atoms with Gasteiger partial charge in [0.05, 0.1) is 28.4 Å². The van der Waals surface area contributed by atoms with E-state index in [1.165, 1.54) is 6.07 Å². The highest BCUT2D eigenvalue weighted by Crippen LogP contribution is 2.59. The molecule has 3 saturated heterocycles. The first-order valence-corrected chi connectivity index (χ1v) is 21.8. The van der Waals surface area contributed by atoms with Gasteiger partial charge in [-0.1, -0.05) is 57.2 Å². The third-order valence-corrected chi connectivity index (χ3v) is 14.4. The number of ether oxygens (including phenoxy) is 1. The second kappa shape index (κ2) is 15.5. The van der Waals surface area contributed by atoms with Crippen LogP contribution in [0.3, 0.4) is 0 Å². The van der Waals surface area contributed by atoms with Gasteiger partial charge in [-0.3, -0.25) is 34.2 Å². The zero-order valence-corrected chi connectivity index (χ0v) is 36.0. The second-order valence-corrected chi connectivity index (χ2v) is 19.1. The third kappa shape index (κ3) is 7.00. The molecule has 1 N–H and O–H groups in total. The summed E-state index contributed by atoms with van der Waals surface area (Å²) in [5.74, 6) is 4.70. The predicted octanol–water partition coefficient (Wildman–Crippen LogP) is 7.00. The highest BCUT2D eigenvalue weighted by atomic mass is 35.5. The number of likely N-dealkylation sites (tertiary alicyclic amines) is 1. The molecule has 0 spiro atoms. The molecule has 5 heterocycles. The molecule has 6 aliphatic rings. The Balaban J connectivity index is 0.778. The van der Waals surface area contributed by atoms with Gasteiger partial charge in [-0.05, 0) is 93.2 Å². The minimum atomic E-state index is -1.10. The molecule has 3 aromatic rings. The molecule has 1 atom stereocenters.